The molecule has 0 saturated heterocycles. The van der Waals surface area contributed by atoms with Gasteiger partial charge in [-0.1, -0.05) is 0 Å². The minimum absolute atomic E-state index is 0. The molecule has 15 heavy (non-hydrogen) atoms. The minimum atomic E-state index is 0. The number of methoxy groups -OCH3 is 1. The predicted octanol–water partition coefficient (Wildman–Crippen LogP) is 2.13. The molecule has 1 aliphatic carbocycles. The van der Waals surface area contributed by atoms with Crippen molar-refractivity contribution in [3.8, 4) is 0 Å². The third-order valence-electron chi connectivity index (χ3n) is 2.70. The lowest BCUT2D eigenvalue weighted by Crippen LogP contribution is -2.20. The molecule has 0 aliphatic heterocycles. The molecule has 3 nitrogen and oxygen atoms in total. The molecule has 0 amide bonds. The van der Waals surface area contributed by atoms with Gasteiger partial charge in [-0.15, -0.1) is 28.3 Å². The molecule has 0 bridgehead atoms. The van der Waals surface area contributed by atoms with Crippen LogP contribution in [0.5, 0.6) is 0 Å². The Balaban J connectivity index is 0.00000112. The third-order valence-corrected chi connectivity index (χ3v) is 3.80. The van der Waals surface area contributed by atoms with Crippen LogP contribution in [-0.2, 0) is 24.1 Å². The Morgan fingerprint density at radius 3 is 2.87 bits per heavy atom. The number of thiazole rings is 1. The van der Waals surface area contributed by atoms with Crippen molar-refractivity contribution in [2.75, 3.05) is 13.7 Å². The molecule has 0 aromatic carbocycles. The van der Waals surface area contributed by atoms with Crippen molar-refractivity contribution in [1.82, 2.24) is 4.57 Å². The van der Waals surface area contributed by atoms with Gasteiger partial charge in [0, 0.05) is 24.2 Å². The zero-order valence-corrected chi connectivity index (χ0v) is 11.4. The van der Waals surface area contributed by atoms with Crippen LogP contribution >= 0.6 is 28.3 Å². The summed E-state index contributed by atoms with van der Waals surface area (Å²) in [5.41, 5.74) is 1.39. The summed E-state index contributed by atoms with van der Waals surface area (Å²) in [5.74, 6) is 0. The highest BCUT2D eigenvalue weighted by molar-refractivity contribution is 8.93. The number of nitrogens with one attached hydrogen (secondary N) is 1. The maximum atomic E-state index is 7.87. The van der Waals surface area contributed by atoms with Gasteiger partial charge in [0.15, 0.2) is 4.80 Å². The molecule has 2 rings (SSSR count). The first kappa shape index (κ1) is 12.9. The zero-order valence-electron chi connectivity index (χ0n) is 8.91. The molecule has 0 spiro atoms. The second kappa shape index (κ2) is 5.82. The van der Waals surface area contributed by atoms with E-state index < -0.39 is 0 Å². The van der Waals surface area contributed by atoms with E-state index in [1.54, 1.807) is 18.4 Å². The lowest BCUT2D eigenvalue weighted by Gasteiger charge is -2.13. The Kier molecular flexibility index (Phi) is 5.02. The van der Waals surface area contributed by atoms with Crippen molar-refractivity contribution >= 4 is 28.3 Å². The van der Waals surface area contributed by atoms with Gasteiger partial charge in [-0.3, -0.25) is 5.41 Å². The van der Waals surface area contributed by atoms with Gasteiger partial charge in [0.1, 0.15) is 0 Å². The molecular formula is C10H17BrN2OS. The van der Waals surface area contributed by atoms with Crippen LogP contribution in [0.3, 0.4) is 0 Å². The number of aryl methyl sites for hydroxylation is 1. The standard InChI is InChI=1S/C10H16N2OS.BrH/c1-13-7-6-12-8-4-2-3-5-9(8)14-10(12)11;/h11H,2-7H2,1H3;1H. The van der Waals surface area contributed by atoms with Crippen molar-refractivity contribution in [3.63, 3.8) is 0 Å². The topological polar surface area (TPSA) is 38.0 Å². The summed E-state index contributed by atoms with van der Waals surface area (Å²) in [6.07, 6.45) is 4.88. The summed E-state index contributed by atoms with van der Waals surface area (Å²) in [6, 6.07) is 0. The first-order chi connectivity index (χ1) is 6.83. The number of halogens is 1. The van der Waals surface area contributed by atoms with Crippen molar-refractivity contribution in [2.24, 2.45) is 0 Å². The van der Waals surface area contributed by atoms with E-state index in [-0.39, 0.29) is 17.0 Å². The summed E-state index contributed by atoms with van der Waals surface area (Å²) >= 11 is 1.64. The molecule has 1 aromatic rings. The number of nitrogens with zero attached hydrogens (tertiary/aromatic N) is 1. The van der Waals surface area contributed by atoms with E-state index in [4.69, 9.17) is 10.1 Å². The van der Waals surface area contributed by atoms with Crippen LogP contribution in [0.1, 0.15) is 23.4 Å². The SMILES string of the molecule is Br.COCCn1c2c(sc1=N)CCCC2. The fourth-order valence-corrected chi connectivity index (χ4v) is 3.09. The van der Waals surface area contributed by atoms with Gasteiger partial charge >= 0.3 is 0 Å². The second-order valence-corrected chi connectivity index (χ2v) is 4.71. The molecule has 1 heterocycles. The van der Waals surface area contributed by atoms with E-state index in [0.717, 1.165) is 13.0 Å². The molecule has 0 radical (unpaired) electrons. The van der Waals surface area contributed by atoms with Gasteiger partial charge in [0.25, 0.3) is 0 Å². The highest BCUT2D eigenvalue weighted by atomic mass is 79.9. The van der Waals surface area contributed by atoms with E-state index in [1.165, 1.54) is 29.8 Å². The Bertz CT molecular complexity index is 372. The molecule has 0 atom stereocenters. The van der Waals surface area contributed by atoms with Gasteiger partial charge in [-0.2, -0.15) is 0 Å². The number of ether oxygens (including phenoxy) is 1. The molecule has 86 valence electrons. The van der Waals surface area contributed by atoms with Crippen molar-refractivity contribution < 1.29 is 4.74 Å². The molecule has 1 aliphatic rings. The van der Waals surface area contributed by atoms with E-state index in [1.807, 2.05) is 0 Å². The lowest BCUT2D eigenvalue weighted by molar-refractivity contribution is 0.185. The van der Waals surface area contributed by atoms with Gasteiger partial charge < -0.3 is 9.30 Å². The van der Waals surface area contributed by atoms with Crippen LogP contribution in [0, 0.1) is 5.41 Å². The molecule has 1 aromatic heterocycles. The highest BCUT2D eigenvalue weighted by Gasteiger charge is 2.15. The second-order valence-electron chi connectivity index (χ2n) is 3.63. The average Bonchev–Trinajstić information content (AvgIpc) is 2.51. The highest BCUT2D eigenvalue weighted by Crippen LogP contribution is 2.23. The third kappa shape index (κ3) is 2.71. The van der Waals surface area contributed by atoms with Crippen LogP contribution in [0.15, 0.2) is 0 Å². The fourth-order valence-electron chi connectivity index (χ4n) is 1.97. The van der Waals surface area contributed by atoms with Crippen molar-refractivity contribution in [1.29, 1.82) is 5.41 Å². The van der Waals surface area contributed by atoms with Crippen molar-refractivity contribution in [3.05, 3.63) is 15.4 Å². The number of fused-ring (bicyclic) bond motifs is 1. The molecule has 5 heteroatoms. The number of rotatable bonds is 3. The van der Waals surface area contributed by atoms with E-state index in [0.29, 0.717) is 11.4 Å². The van der Waals surface area contributed by atoms with E-state index in [2.05, 4.69) is 4.57 Å². The van der Waals surface area contributed by atoms with E-state index >= 15 is 0 Å². The summed E-state index contributed by atoms with van der Waals surface area (Å²) < 4.78 is 7.18. The summed E-state index contributed by atoms with van der Waals surface area (Å²) in [7, 11) is 1.71. The summed E-state index contributed by atoms with van der Waals surface area (Å²) in [5, 5.41) is 7.87. The molecular weight excluding hydrogens is 276 g/mol. The van der Waals surface area contributed by atoms with Crippen LogP contribution in [0.4, 0.5) is 0 Å². The van der Waals surface area contributed by atoms with Crippen LogP contribution in [-0.4, -0.2) is 18.3 Å². The first-order valence-corrected chi connectivity index (χ1v) is 5.89. The zero-order chi connectivity index (χ0) is 9.97. The Hall–Kier alpha value is -0.130. The quantitative estimate of drug-likeness (QED) is 0.911. The lowest BCUT2D eigenvalue weighted by atomic mass is 10.0. The largest absolute Gasteiger partial charge is 0.383 e. The number of hydrogen-bond donors (Lipinski definition) is 1. The minimum Gasteiger partial charge on any atom is -0.383 e. The first-order valence-electron chi connectivity index (χ1n) is 5.08. The summed E-state index contributed by atoms with van der Waals surface area (Å²) in [6.45, 7) is 1.54. The molecule has 0 saturated carbocycles. The smallest absolute Gasteiger partial charge is 0.182 e. The molecule has 0 fully saturated rings. The molecule has 1 N–H and O–H groups in total. The Morgan fingerprint density at radius 1 is 1.40 bits per heavy atom. The maximum Gasteiger partial charge on any atom is 0.182 e. The van der Waals surface area contributed by atoms with Gasteiger partial charge in [-0.05, 0) is 25.7 Å². The summed E-state index contributed by atoms with van der Waals surface area (Å²) in [4.78, 5) is 2.12. The van der Waals surface area contributed by atoms with Gasteiger partial charge in [0.2, 0.25) is 0 Å². The Morgan fingerprint density at radius 2 is 2.13 bits per heavy atom. The van der Waals surface area contributed by atoms with Gasteiger partial charge in [0.05, 0.1) is 6.61 Å². The average molecular weight is 293 g/mol. The molecule has 0 unspecified atom stereocenters. The van der Waals surface area contributed by atoms with Crippen LogP contribution in [0.25, 0.3) is 0 Å². The number of hydrogen-bond acceptors (Lipinski definition) is 3. The van der Waals surface area contributed by atoms with Crippen LogP contribution < -0.4 is 4.80 Å². The number of aromatic nitrogens is 1. The maximum absolute atomic E-state index is 7.87. The monoisotopic (exact) mass is 292 g/mol. The normalized spacial score (nSPS) is 14.5. The van der Waals surface area contributed by atoms with Crippen LogP contribution in [0.2, 0.25) is 0 Å². The Labute approximate surface area is 104 Å². The predicted molar refractivity (Wildman–Crippen MR) is 67.0 cm³/mol. The van der Waals surface area contributed by atoms with Crippen molar-refractivity contribution in [2.45, 2.75) is 32.2 Å². The van der Waals surface area contributed by atoms with E-state index in [9.17, 15) is 0 Å². The fraction of sp³-hybridized carbons (Fsp3) is 0.700. The van der Waals surface area contributed by atoms with Gasteiger partial charge in [-0.25, -0.2) is 0 Å².